The predicted molar refractivity (Wildman–Crippen MR) is 104 cm³/mol. The topological polar surface area (TPSA) is 67.4 Å². The molecule has 0 radical (unpaired) electrons. The first-order valence-electron chi connectivity index (χ1n) is 8.50. The van der Waals surface area contributed by atoms with Crippen LogP contribution in [0.1, 0.15) is 29.8 Å². The smallest absolute Gasteiger partial charge is 0.251 e. The molecule has 0 unspecified atom stereocenters. The van der Waals surface area contributed by atoms with E-state index in [1.807, 2.05) is 38.1 Å². The van der Waals surface area contributed by atoms with Crippen LogP contribution in [0.2, 0.25) is 0 Å². The fraction of sp³-hybridized carbons (Fsp3) is 0.238. The highest BCUT2D eigenvalue weighted by molar-refractivity contribution is 6.03. The van der Waals surface area contributed by atoms with Gasteiger partial charge in [0.15, 0.2) is 0 Å². The van der Waals surface area contributed by atoms with Crippen LogP contribution in [0.3, 0.4) is 0 Å². The van der Waals surface area contributed by atoms with Crippen LogP contribution in [0.5, 0.6) is 5.75 Å². The van der Waals surface area contributed by atoms with Crippen LogP contribution in [0.25, 0.3) is 6.08 Å². The van der Waals surface area contributed by atoms with Gasteiger partial charge in [0.2, 0.25) is 5.91 Å². The SMILES string of the molecule is COc1ccccc1/C=C/C(=O)Nc1cccc(C(=O)NCC(C)C)c1. The molecule has 0 aromatic heterocycles. The second-order valence-corrected chi connectivity index (χ2v) is 6.25. The van der Waals surface area contributed by atoms with Gasteiger partial charge in [0.25, 0.3) is 5.91 Å². The Morgan fingerprint density at radius 1 is 1.12 bits per heavy atom. The molecule has 0 heterocycles. The Morgan fingerprint density at radius 3 is 2.62 bits per heavy atom. The van der Waals surface area contributed by atoms with Crippen LogP contribution in [0, 0.1) is 5.92 Å². The van der Waals surface area contributed by atoms with Gasteiger partial charge in [-0.1, -0.05) is 38.1 Å². The van der Waals surface area contributed by atoms with Crippen molar-refractivity contribution >= 4 is 23.6 Å². The van der Waals surface area contributed by atoms with E-state index in [0.717, 1.165) is 5.56 Å². The molecular formula is C21H24N2O3. The Kier molecular flexibility index (Phi) is 6.97. The Labute approximate surface area is 154 Å². The van der Waals surface area contributed by atoms with Crippen molar-refractivity contribution in [2.75, 3.05) is 19.0 Å². The molecule has 0 bridgehead atoms. The Hall–Kier alpha value is -3.08. The van der Waals surface area contributed by atoms with Crippen LogP contribution >= 0.6 is 0 Å². The fourth-order valence-electron chi connectivity index (χ4n) is 2.29. The van der Waals surface area contributed by atoms with Crippen LogP contribution in [0.15, 0.2) is 54.6 Å². The van der Waals surface area contributed by atoms with Gasteiger partial charge in [0.1, 0.15) is 5.75 Å². The van der Waals surface area contributed by atoms with Crippen molar-refractivity contribution in [1.29, 1.82) is 0 Å². The van der Waals surface area contributed by atoms with E-state index < -0.39 is 0 Å². The maximum Gasteiger partial charge on any atom is 0.251 e. The zero-order valence-electron chi connectivity index (χ0n) is 15.3. The number of ether oxygens (including phenoxy) is 1. The number of anilines is 1. The molecule has 0 spiro atoms. The second kappa shape index (κ2) is 9.42. The van der Waals surface area contributed by atoms with Gasteiger partial charge >= 0.3 is 0 Å². The van der Waals surface area contributed by atoms with E-state index in [9.17, 15) is 9.59 Å². The van der Waals surface area contributed by atoms with E-state index in [1.165, 1.54) is 6.08 Å². The standard InChI is InChI=1S/C21H24N2O3/c1-15(2)14-22-21(25)17-8-6-9-18(13-17)23-20(24)12-11-16-7-4-5-10-19(16)26-3/h4-13,15H,14H2,1-3H3,(H,22,25)(H,23,24)/b12-11+. The summed E-state index contributed by atoms with van der Waals surface area (Å²) < 4.78 is 5.25. The number of rotatable bonds is 7. The van der Waals surface area contributed by atoms with Crippen molar-refractivity contribution < 1.29 is 14.3 Å². The van der Waals surface area contributed by atoms with Gasteiger partial charge < -0.3 is 15.4 Å². The van der Waals surface area contributed by atoms with Crippen molar-refractivity contribution in [3.05, 3.63) is 65.7 Å². The molecule has 0 atom stereocenters. The van der Waals surface area contributed by atoms with Crippen molar-refractivity contribution in [2.45, 2.75) is 13.8 Å². The molecule has 0 saturated heterocycles. The van der Waals surface area contributed by atoms with E-state index in [1.54, 1.807) is 37.5 Å². The molecular weight excluding hydrogens is 328 g/mol. The number of methoxy groups -OCH3 is 1. The van der Waals surface area contributed by atoms with Crippen molar-refractivity contribution in [3.8, 4) is 5.75 Å². The summed E-state index contributed by atoms with van der Waals surface area (Å²) in [6.45, 7) is 4.67. The van der Waals surface area contributed by atoms with Gasteiger partial charge in [-0.05, 0) is 36.3 Å². The summed E-state index contributed by atoms with van der Waals surface area (Å²) >= 11 is 0. The molecule has 26 heavy (non-hydrogen) atoms. The average molecular weight is 352 g/mol. The number of carbonyl (C=O) groups excluding carboxylic acids is 2. The lowest BCUT2D eigenvalue weighted by Crippen LogP contribution is -2.27. The van der Waals surface area contributed by atoms with Crippen molar-refractivity contribution in [1.82, 2.24) is 5.32 Å². The molecule has 2 aromatic rings. The van der Waals surface area contributed by atoms with E-state index in [4.69, 9.17) is 4.74 Å². The third kappa shape index (κ3) is 5.77. The molecule has 136 valence electrons. The minimum absolute atomic E-state index is 0.153. The predicted octanol–water partition coefficient (Wildman–Crippen LogP) is 3.73. The summed E-state index contributed by atoms with van der Waals surface area (Å²) in [7, 11) is 1.59. The maximum atomic E-state index is 12.1. The van der Waals surface area contributed by atoms with Crippen molar-refractivity contribution in [2.24, 2.45) is 5.92 Å². The van der Waals surface area contributed by atoms with Crippen LogP contribution < -0.4 is 15.4 Å². The van der Waals surface area contributed by atoms with E-state index in [2.05, 4.69) is 10.6 Å². The fourth-order valence-corrected chi connectivity index (χ4v) is 2.29. The summed E-state index contributed by atoms with van der Waals surface area (Å²) in [4.78, 5) is 24.3. The zero-order chi connectivity index (χ0) is 18.9. The van der Waals surface area contributed by atoms with Gasteiger partial charge in [-0.2, -0.15) is 0 Å². The number of amides is 2. The van der Waals surface area contributed by atoms with Crippen LogP contribution in [0.4, 0.5) is 5.69 Å². The van der Waals surface area contributed by atoms with Gasteiger partial charge in [-0.25, -0.2) is 0 Å². The molecule has 0 aliphatic heterocycles. The summed E-state index contributed by atoms with van der Waals surface area (Å²) in [6, 6.07) is 14.3. The van der Waals surface area contributed by atoms with Crippen LogP contribution in [-0.2, 0) is 4.79 Å². The van der Waals surface area contributed by atoms with E-state index in [0.29, 0.717) is 29.5 Å². The third-order valence-corrected chi connectivity index (χ3v) is 3.62. The number of hydrogen-bond acceptors (Lipinski definition) is 3. The Bertz CT molecular complexity index is 797. The molecule has 2 rings (SSSR count). The first-order valence-corrected chi connectivity index (χ1v) is 8.50. The quantitative estimate of drug-likeness (QED) is 0.746. The highest BCUT2D eigenvalue weighted by Gasteiger charge is 2.07. The summed E-state index contributed by atoms with van der Waals surface area (Å²) in [5.74, 6) is 0.636. The minimum atomic E-state index is -0.282. The van der Waals surface area contributed by atoms with Crippen LogP contribution in [-0.4, -0.2) is 25.5 Å². The summed E-state index contributed by atoms with van der Waals surface area (Å²) in [6.07, 6.45) is 3.12. The monoisotopic (exact) mass is 352 g/mol. The molecule has 0 aliphatic carbocycles. The molecule has 0 saturated carbocycles. The maximum absolute atomic E-state index is 12.1. The highest BCUT2D eigenvalue weighted by atomic mass is 16.5. The Balaban J connectivity index is 2.02. The number of hydrogen-bond donors (Lipinski definition) is 2. The lowest BCUT2D eigenvalue weighted by Gasteiger charge is -2.09. The molecule has 2 aromatic carbocycles. The molecule has 2 N–H and O–H groups in total. The summed E-state index contributed by atoms with van der Waals surface area (Å²) in [5.41, 5.74) is 1.89. The van der Waals surface area contributed by atoms with Gasteiger partial charge in [0.05, 0.1) is 7.11 Å². The number of benzene rings is 2. The molecule has 5 heteroatoms. The Morgan fingerprint density at radius 2 is 1.88 bits per heavy atom. The first-order chi connectivity index (χ1) is 12.5. The van der Waals surface area contributed by atoms with Gasteiger partial charge in [-0.15, -0.1) is 0 Å². The number of carbonyl (C=O) groups is 2. The second-order valence-electron chi connectivity index (χ2n) is 6.25. The summed E-state index contributed by atoms with van der Waals surface area (Å²) in [5, 5.41) is 5.62. The minimum Gasteiger partial charge on any atom is -0.496 e. The highest BCUT2D eigenvalue weighted by Crippen LogP contribution is 2.18. The molecule has 2 amide bonds. The first kappa shape index (κ1) is 19.2. The van der Waals surface area contributed by atoms with Crippen molar-refractivity contribution in [3.63, 3.8) is 0 Å². The normalized spacial score (nSPS) is 10.8. The van der Waals surface area contributed by atoms with E-state index >= 15 is 0 Å². The lowest BCUT2D eigenvalue weighted by atomic mass is 10.1. The number of para-hydroxylation sites is 1. The zero-order valence-corrected chi connectivity index (χ0v) is 15.3. The average Bonchev–Trinajstić information content (AvgIpc) is 2.64. The number of nitrogens with one attached hydrogen (secondary N) is 2. The van der Waals surface area contributed by atoms with Gasteiger partial charge in [-0.3, -0.25) is 9.59 Å². The lowest BCUT2D eigenvalue weighted by molar-refractivity contribution is -0.111. The van der Waals surface area contributed by atoms with E-state index in [-0.39, 0.29) is 11.8 Å². The third-order valence-electron chi connectivity index (χ3n) is 3.62. The van der Waals surface area contributed by atoms with Gasteiger partial charge in [0, 0.05) is 29.4 Å². The molecule has 0 fully saturated rings. The molecule has 0 aliphatic rings. The molecule has 5 nitrogen and oxygen atoms in total. The largest absolute Gasteiger partial charge is 0.496 e.